The number of benzene rings is 4. The molecule has 6 atom stereocenters. The van der Waals surface area contributed by atoms with Crippen molar-refractivity contribution in [3.05, 3.63) is 95.6 Å². The Kier molecular flexibility index (Phi) is 14.8. The Morgan fingerprint density at radius 2 is 1.66 bits per heavy atom. The number of alkyl halides is 2. The Morgan fingerprint density at radius 1 is 0.918 bits per heavy atom. The van der Waals surface area contributed by atoms with E-state index < -0.39 is 48.7 Å². The number of amides is 4. The van der Waals surface area contributed by atoms with Gasteiger partial charge >= 0.3 is 12.1 Å². The first-order chi connectivity index (χ1) is 29.3. The zero-order chi connectivity index (χ0) is 43.8. The summed E-state index contributed by atoms with van der Waals surface area (Å²) in [6.45, 7) is -0.0234. The van der Waals surface area contributed by atoms with Crippen LogP contribution in [-0.2, 0) is 35.3 Å². The first-order valence-electron chi connectivity index (χ1n) is 18.8. The standard InChI is InChI=1S/C42H42BrClN4O13/c1-58-25-10-6-22(7-11-25)9-13-34(51)48-20-24(19-44)35-27-5-3-2-4-26(27)28(17-30(35)48)47-42(57)59-21-23-8-12-31(29(16-23)46-32(49)14-15-45-33(50)18-43)60-41-38(54)36(52)37(53)39(61-41)40(55)56/h2-13,16-17,24,36-39,41,52-54H,14-15,18-21H2,1H3,(H,45,50)(H,46,49)(H,47,57)(H,55,56)/b13-9+/t24?,36?,37-,38+,39?,41?/m0/s1. The summed E-state index contributed by atoms with van der Waals surface area (Å²) in [6.07, 6.45) is -7.38. The molecule has 61 heavy (non-hydrogen) atoms. The molecule has 0 aromatic heterocycles. The van der Waals surface area contributed by atoms with Gasteiger partial charge in [0.1, 0.15) is 36.4 Å². The van der Waals surface area contributed by atoms with E-state index in [1.54, 1.807) is 36.3 Å². The number of carboxylic acid groups (broad SMARTS) is 1. The topological polar surface area (TPSA) is 243 Å². The number of carbonyl (C=O) groups excluding carboxylic acids is 4. The van der Waals surface area contributed by atoms with Crippen LogP contribution in [0.2, 0.25) is 0 Å². The highest BCUT2D eigenvalue weighted by molar-refractivity contribution is 9.09. The van der Waals surface area contributed by atoms with Crippen molar-refractivity contribution in [2.45, 2.75) is 49.7 Å². The fourth-order valence-electron chi connectivity index (χ4n) is 6.87. The average molecular weight is 926 g/mol. The molecule has 4 unspecified atom stereocenters. The number of aliphatic hydroxyl groups is 3. The van der Waals surface area contributed by atoms with Crippen LogP contribution in [0, 0.1) is 0 Å². The number of aliphatic hydroxyl groups excluding tert-OH is 3. The summed E-state index contributed by atoms with van der Waals surface area (Å²) >= 11 is 9.46. The van der Waals surface area contributed by atoms with E-state index in [0.29, 0.717) is 34.6 Å². The van der Waals surface area contributed by atoms with Gasteiger partial charge < -0.3 is 54.9 Å². The zero-order valence-corrected chi connectivity index (χ0v) is 34.8. The summed E-state index contributed by atoms with van der Waals surface area (Å²) in [5.41, 5.74) is 2.94. The van der Waals surface area contributed by atoms with Gasteiger partial charge in [-0.05, 0) is 58.5 Å². The van der Waals surface area contributed by atoms with Crippen molar-refractivity contribution in [1.82, 2.24) is 5.32 Å². The predicted molar refractivity (Wildman–Crippen MR) is 227 cm³/mol. The van der Waals surface area contributed by atoms with E-state index in [9.17, 15) is 44.4 Å². The van der Waals surface area contributed by atoms with Crippen LogP contribution in [-0.4, -0.2) is 112 Å². The van der Waals surface area contributed by atoms with Crippen molar-refractivity contribution in [2.24, 2.45) is 0 Å². The number of nitrogens with zero attached hydrogens (tertiary/aromatic N) is 1. The average Bonchev–Trinajstić information content (AvgIpc) is 3.64. The number of ether oxygens (including phenoxy) is 4. The van der Waals surface area contributed by atoms with Crippen molar-refractivity contribution in [3.8, 4) is 11.5 Å². The largest absolute Gasteiger partial charge is 0.497 e. The Labute approximate surface area is 362 Å². The minimum atomic E-state index is -1.96. The Balaban J connectivity index is 1.21. The van der Waals surface area contributed by atoms with Gasteiger partial charge in [-0.2, -0.15) is 0 Å². The van der Waals surface area contributed by atoms with E-state index in [1.807, 2.05) is 36.4 Å². The fourth-order valence-corrected chi connectivity index (χ4v) is 7.32. The summed E-state index contributed by atoms with van der Waals surface area (Å²) in [5, 5.41) is 49.8. The number of anilines is 3. The highest BCUT2D eigenvalue weighted by Gasteiger charge is 2.48. The maximum absolute atomic E-state index is 13.6. The van der Waals surface area contributed by atoms with Crippen LogP contribution in [0.1, 0.15) is 29.0 Å². The molecule has 0 saturated carbocycles. The molecule has 2 aliphatic heterocycles. The van der Waals surface area contributed by atoms with E-state index in [1.165, 1.54) is 24.3 Å². The fraction of sp³-hybridized carbons (Fsp3) is 0.310. The van der Waals surface area contributed by atoms with E-state index in [0.717, 1.165) is 16.5 Å². The predicted octanol–water partition coefficient (Wildman–Crippen LogP) is 4.09. The quantitative estimate of drug-likeness (QED) is 0.0658. The number of carbonyl (C=O) groups is 5. The maximum atomic E-state index is 13.6. The number of carboxylic acids is 1. The normalized spacial score (nSPS) is 20.8. The summed E-state index contributed by atoms with van der Waals surface area (Å²) < 4.78 is 21.8. The number of fused-ring (bicyclic) bond motifs is 3. The number of hydrogen-bond donors (Lipinski definition) is 7. The molecule has 2 aliphatic rings. The molecule has 0 spiro atoms. The minimum absolute atomic E-state index is 0.0134. The van der Waals surface area contributed by atoms with Crippen LogP contribution < -0.4 is 30.3 Å². The number of halogens is 2. The molecule has 1 fully saturated rings. The van der Waals surface area contributed by atoms with Gasteiger partial charge in [-0.1, -0.05) is 58.4 Å². The lowest BCUT2D eigenvalue weighted by molar-refractivity contribution is -0.271. The highest BCUT2D eigenvalue weighted by atomic mass is 79.9. The first kappa shape index (κ1) is 44.8. The van der Waals surface area contributed by atoms with E-state index in [2.05, 4.69) is 31.9 Å². The molecule has 322 valence electrons. The van der Waals surface area contributed by atoms with Crippen molar-refractivity contribution >= 4 is 91.2 Å². The van der Waals surface area contributed by atoms with E-state index in [4.69, 9.17) is 30.5 Å². The molecule has 19 heteroatoms. The monoisotopic (exact) mass is 924 g/mol. The van der Waals surface area contributed by atoms with Crippen LogP contribution in [0.3, 0.4) is 0 Å². The van der Waals surface area contributed by atoms with E-state index >= 15 is 0 Å². The van der Waals surface area contributed by atoms with Gasteiger partial charge in [0, 0.05) is 42.8 Å². The second kappa shape index (κ2) is 20.2. The Morgan fingerprint density at radius 3 is 2.34 bits per heavy atom. The highest BCUT2D eigenvalue weighted by Crippen LogP contribution is 2.45. The third-order valence-corrected chi connectivity index (χ3v) is 10.8. The number of nitrogens with one attached hydrogen (secondary N) is 3. The first-order valence-corrected chi connectivity index (χ1v) is 20.5. The van der Waals surface area contributed by atoms with Crippen LogP contribution in [0.25, 0.3) is 16.8 Å². The third-order valence-electron chi connectivity index (χ3n) is 9.93. The number of rotatable bonds is 15. The number of hydrogen-bond acceptors (Lipinski definition) is 12. The molecule has 4 aromatic carbocycles. The second-order valence-corrected chi connectivity index (χ2v) is 14.8. The van der Waals surface area contributed by atoms with Gasteiger partial charge in [0.2, 0.25) is 18.1 Å². The lowest BCUT2D eigenvalue weighted by Gasteiger charge is -2.38. The molecule has 4 amide bonds. The second-order valence-electron chi connectivity index (χ2n) is 14.0. The van der Waals surface area contributed by atoms with E-state index in [-0.39, 0.29) is 60.0 Å². The maximum Gasteiger partial charge on any atom is 0.411 e. The summed E-state index contributed by atoms with van der Waals surface area (Å²) in [5.74, 6) is -2.21. The summed E-state index contributed by atoms with van der Waals surface area (Å²) in [7, 11) is 1.57. The molecule has 4 aromatic rings. The summed E-state index contributed by atoms with van der Waals surface area (Å²) in [6, 6.07) is 20.5. The van der Waals surface area contributed by atoms with Gasteiger partial charge in [-0.15, -0.1) is 11.6 Å². The van der Waals surface area contributed by atoms with Crippen LogP contribution >= 0.6 is 27.5 Å². The molecule has 0 radical (unpaired) electrons. The van der Waals surface area contributed by atoms with Crippen LogP contribution in [0.4, 0.5) is 21.9 Å². The number of aliphatic carboxylic acids is 1. The van der Waals surface area contributed by atoms with Crippen LogP contribution in [0.5, 0.6) is 11.5 Å². The lowest BCUT2D eigenvalue weighted by Crippen LogP contribution is -2.61. The SMILES string of the molecule is COc1ccc(/C=C/C(=O)N2CC(CCl)c3c2cc(NC(=O)OCc2ccc(OC4OC(C(=O)O)[C@@H](O)C(O)[C@H]4O)c(NC(=O)CCNC(=O)CBr)c2)c2ccccc32)cc1. The molecular weight excluding hydrogens is 884 g/mol. The van der Waals surface area contributed by atoms with Gasteiger partial charge in [0.05, 0.1) is 29.5 Å². The molecule has 17 nitrogen and oxygen atoms in total. The lowest BCUT2D eigenvalue weighted by atomic mass is 9.95. The van der Waals surface area contributed by atoms with Crippen molar-refractivity contribution < 1.29 is 63.3 Å². The molecule has 0 bridgehead atoms. The van der Waals surface area contributed by atoms with Crippen molar-refractivity contribution in [1.29, 1.82) is 0 Å². The molecule has 6 rings (SSSR count). The Bertz CT molecular complexity index is 2310. The third kappa shape index (κ3) is 10.6. The zero-order valence-electron chi connectivity index (χ0n) is 32.5. The molecule has 2 heterocycles. The van der Waals surface area contributed by atoms with Gasteiger partial charge in [-0.25, -0.2) is 9.59 Å². The van der Waals surface area contributed by atoms with Crippen molar-refractivity contribution in [2.75, 3.05) is 46.9 Å². The van der Waals surface area contributed by atoms with Crippen LogP contribution in [0.15, 0.2) is 78.9 Å². The minimum Gasteiger partial charge on any atom is -0.497 e. The summed E-state index contributed by atoms with van der Waals surface area (Å²) in [4.78, 5) is 64.9. The molecular formula is C42H42BrClN4O13. The molecule has 1 saturated heterocycles. The van der Waals surface area contributed by atoms with Gasteiger partial charge in [0.15, 0.2) is 6.10 Å². The van der Waals surface area contributed by atoms with Crippen molar-refractivity contribution in [3.63, 3.8) is 0 Å². The smallest absolute Gasteiger partial charge is 0.411 e. The van der Waals surface area contributed by atoms with Gasteiger partial charge in [-0.3, -0.25) is 19.7 Å². The van der Waals surface area contributed by atoms with Gasteiger partial charge in [0.25, 0.3) is 5.91 Å². The molecule has 0 aliphatic carbocycles. The Hall–Kier alpha value is -5.76. The molecule has 7 N–H and O–H groups in total. The number of methoxy groups -OCH3 is 1.